The Bertz CT molecular complexity index is 421. The van der Waals surface area contributed by atoms with E-state index in [1.165, 1.54) is 0 Å². The van der Waals surface area contributed by atoms with Gasteiger partial charge in [0, 0.05) is 31.4 Å². The number of pyridine rings is 1. The number of carbonyl (C=O) groups is 1. The van der Waals surface area contributed by atoms with E-state index in [-0.39, 0.29) is 23.9 Å². The van der Waals surface area contributed by atoms with Crippen LogP contribution in [0, 0.1) is 5.92 Å². The van der Waals surface area contributed by atoms with Gasteiger partial charge in [0.05, 0.1) is 6.04 Å². The summed E-state index contributed by atoms with van der Waals surface area (Å²) in [6.07, 6.45) is 7.44. The fraction of sp³-hybridized carbons (Fsp3) is 0.600. The molecule has 0 aliphatic heterocycles. The number of nitrogens with two attached hydrogens (primary N) is 1. The van der Waals surface area contributed by atoms with E-state index in [2.05, 4.69) is 11.9 Å². The van der Waals surface area contributed by atoms with Crippen molar-refractivity contribution in [1.82, 2.24) is 9.88 Å². The normalized spacial score (nSPS) is 24.8. The van der Waals surface area contributed by atoms with Gasteiger partial charge in [0.1, 0.15) is 0 Å². The number of hydrogen-bond donors (Lipinski definition) is 1. The molecule has 3 unspecified atom stereocenters. The van der Waals surface area contributed by atoms with E-state index in [1.807, 2.05) is 24.1 Å². The highest BCUT2D eigenvalue weighted by molar-refractivity contribution is 5.79. The maximum atomic E-state index is 12.5. The Labute approximate surface area is 115 Å². The van der Waals surface area contributed by atoms with Crippen molar-refractivity contribution in [1.29, 1.82) is 0 Å². The number of aromatic nitrogens is 1. The van der Waals surface area contributed by atoms with E-state index in [0.29, 0.717) is 0 Å². The van der Waals surface area contributed by atoms with Crippen molar-refractivity contribution in [3.8, 4) is 0 Å². The van der Waals surface area contributed by atoms with Gasteiger partial charge < -0.3 is 10.6 Å². The predicted octanol–water partition coefficient (Wildman–Crippen LogP) is 2.12. The van der Waals surface area contributed by atoms with Crippen LogP contribution in [0.4, 0.5) is 0 Å². The molecule has 1 aromatic heterocycles. The van der Waals surface area contributed by atoms with Gasteiger partial charge in [-0.1, -0.05) is 6.42 Å². The van der Waals surface area contributed by atoms with Crippen LogP contribution in [-0.4, -0.2) is 28.9 Å². The maximum absolute atomic E-state index is 12.5. The molecule has 0 spiro atoms. The zero-order valence-electron chi connectivity index (χ0n) is 11.7. The second kappa shape index (κ2) is 6.15. The van der Waals surface area contributed by atoms with E-state index < -0.39 is 0 Å². The minimum atomic E-state index is 0.0775. The Hall–Kier alpha value is -1.42. The minimum Gasteiger partial charge on any atom is -0.339 e. The highest BCUT2D eigenvalue weighted by Crippen LogP contribution is 2.27. The molecular formula is C15H23N3O. The van der Waals surface area contributed by atoms with Crippen LogP contribution in [0.15, 0.2) is 24.5 Å². The van der Waals surface area contributed by atoms with Crippen LogP contribution in [0.25, 0.3) is 0 Å². The molecule has 0 bridgehead atoms. The zero-order valence-corrected chi connectivity index (χ0v) is 11.7. The van der Waals surface area contributed by atoms with Crippen molar-refractivity contribution in [2.75, 3.05) is 7.05 Å². The summed E-state index contributed by atoms with van der Waals surface area (Å²) >= 11 is 0. The second-order valence-electron chi connectivity index (χ2n) is 5.53. The molecule has 1 aliphatic rings. The fourth-order valence-corrected chi connectivity index (χ4v) is 2.80. The van der Waals surface area contributed by atoms with E-state index >= 15 is 0 Å². The summed E-state index contributed by atoms with van der Waals surface area (Å²) in [6, 6.07) is 4.18. The smallest absolute Gasteiger partial charge is 0.225 e. The molecular weight excluding hydrogens is 238 g/mol. The lowest BCUT2D eigenvalue weighted by molar-refractivity contribution is -0.137. The van der Waals surface area contributed by atoms with Gasteiger partial charge in [-0.05, 0) is 43.9 Å². The molecule has 1 fully saturated rings. The van der Waals surface area contributed by atoms with Gasteiger partial charge in [-0.2, -0.15) is 0 Å². The van der Waals surface area contributed by atoms with Gasteiger partial charge in [0.25, 0.3) is 0 Å². The molecule has 4 nitrogen and oxygen atoms in total. The molecule has 1 amide bonds. The molecule has 0 aromatic carbocycles. The first-order valence-electron chi connectivity index (χ1n) is 7.01. The van der Waals surface area contributed by atoms with Crippen LogP contribution in [0.5, 0.6) is 0 Å². The minimum absolute atomic E-state index is 0.0775. The van der Waals surface area contributed by atoms with Gasteiger partial charge >= 0.3 is 0 Å². The molecule has 2 N–H and O–H groups in total. The van der Waals surface area contributed by atoms with Gasteiger partial charge in [0.2, 0.25) is 5.91 Å². The molecule has 19 heavy (non-hydrogen) atoms. The highest BCUT2D eigenvalue weighted by atomic mass is 16.2. The number of rotatable bonds is 3. The van der Waals surface area contributed by atoms with Crippen LogP contribution >= 0.6 is 0 Å². The molecule has 2 rings (SSSR count). The summed E-state index contributed by atoms with van der Waals surface area (Å²) in [7, 11) is 1.88. The van der Waals surface area contributed by atoms with Gasteiger partial charge in [0.15, 0.2) is 0 Å². The topological polar surface area (TPSA) is 59.2 Å². The fourth-order valence-electron chi connectivity index (χ4n) is 2.80. The molecule has 1 saturated carbocycles. The van der Waals surface area contributed by atoms with E-state index in [9.17, 15) is 4.79 Å². The summed E-state index contributed by atoms with van der Waals surface area (Å²) in [5.74, 6) is 0.317. The first-order chi connectivity index (χ1) is 9.09. The Morgan fingerprint density at radius 1 is 1.42 bits per heavy atom. The summed E-state index contributed by atoms with van der Waals surface area (Å²) in [6.45, 7) is 2.05. The van der Waals surface area contributed by atoms with Crippen molar-refractivity contribution < 1.29 is 4.79 Å². The molecule has 4 heteroatoms. The maximum Gasteiger partial charge on any atom is 0.225 e. The van der Waals surface area contributed by atoms with Crippen molar-refractivity contribution in [3.05, 3.63) is 30.1 Å². The molecule has 1 aliphatic carbocycles. The summed E-state index contributed by atoms with van der Waals surface area (Å²) < 4.78 is 0. The Balaban J connectivity index is 2.02. The van der Waals surface area contributed by atoms with Crippen molar-refractivity contribution in [3.63, 3.8) is 0 Å². The molecule has 104 valence electrons. The lowest BCUT2D eigenvalue weighted by atomic mass is 9.85. The first-order valence-corrected chi connectivity index (χ1v) is 7.01. The lowest BCUT2D eigenvalue weighted by Gasteiger charge is -2.32. The van der Waals surface area contributed by atoms with E-state index in [4.69, 9.17) is 5.73 Å². The molecule has 1 aromatic rings. The van der Waals surface area contributed by atoms with Crippen molar-refractivity contribution in [2.45, 2.75) is 44.7 Å². The first kappa shape index (κ1) is 14.0. The molecule has 0 saturated heterocycles. The van der Waals surface area contributed by atoms with Crippen molar-refractivity contribution >= 4 is 5.91 Å². The number of amides is 1. The van der Waals surface area contributed by atoms with Crippen LogP contribution in [0.2, 0.25) is 0 Å². The second-order valence-corrected chi connectivity index (χ2v) is 5.53. The quantitative estimate of drug-likeness (QED) is 0.906. The third-order valence-corrected chi connectivity index (χ3v) is 4.18. The third-order valence-electron chi connectivity index (χ3n) is 4.18. The standard InChI is InChI=1S/C15H23N3O/c1-11(12-6-8-17-9-7-12)18(2)15(19)13-4-3-5-14(16)10-13/h6-9,11,13-14H,3-5,10,16H2,1-2H3. The van der Waals surface area contributed by atoms with Gasteiger partial charge in [-0.3, -0.25) is 9.78 Å². The van der Waals surface area contributed by atoms with Gasteiger partial charge in [-0.25, -0.2) is 0 Å². The van der Waals surface area contributed by atoms with Crippen LogP contribution in [-0.2, 0) is 4.79 Å². The molecule has 1 heterocycles. The molecule has 3 atom stereocenters. The molecule has 0 radical (unpaired) electrons. The Kier molecular flexibility index (Phi) is 4.53. The zero-order chi connectivity index (χ0) is 13.8. The number of hydrogen-bond acceptors (Lipinski definition) is 3. The summed E-state index contributed by atoms with van der Waals surface area (Å²) in [4.78, 5) is 18.4. The average molecular weight is 261 g/mol. The van der Waals surface area contributed by atoms with Crippen molar-refractivity contribution in [2.24, 2.45) is 11.7 Å². The van der Waals surface area contributed by atoms with E-state index in [1.54, 1.807) is 12.4 Å². The SMILES string of the molecule is CC(c1ccncc1)N(C)C(=O)C1CCCC(N)C1. The number of carbonyl (C=O) groups excluding carboxylic acids is 1. The summed E-state index contributed by atoms with van der Waals surface area (Å²) in [5.41, 5.74) is 7.09. The Morgan fingerprint density at radius 3 is 2.74 bits per heavy atom. The Morgan fingerprint density at radius 2 is 2.11 bits per heavy atom. The lowest BCUT2D eigenvalue weighted by Crippen LogP contribution is -2.39. The third kappa shape index (κ3) is 3.32. The number of nitrogens with zero attached hydrogens (tertiary/aromatic N) is 2. The van der Waals surface area contributed by atoms with Crippen LogP contribution in [0.1, 0.15) is 44.2 Å². The van der Waals surface area contributed by atoms with E-state index in [0.717, 1.165) is 31.2 Å². The monoisotopic (exact) mass is 261 g/mol. The summed E-state index contributed by atoms with van der Waals surface area (Å²) in [5, 5.41) is 0. The highest BCUT2D eigenvalue weighted by Gasteiger charge is 2.29. The van der Waals surface area contributed by atoms with Gasteiger partial charge in [-0.15, -0.1) is 0 Å². The largest absolute Gasteiger partial charge is 0.339 e. The average Bonchev–Trinajstić information content (AvgIpc) is 2.46. The predicted molar refractivity (Wildman–Crippen MR) is 75.4 cm³/mol. The van der Waals surface area contributed by atoms with Crippen LogP contribution in [0.3, 0.4) is 0 Å². The van der Waals surface area contributed by atoms with Crippen LogP contribution < -0.4 is 5.73 Å².